The Labute approximate surface area is 107 Å². The van der Waals surface area contributed by atoms with E-state index in [0.29, 0.717) is 11.7 Å². The van der Waals surface area contributed by atoms with Crippen molar-refractivity contribution >= 4 is 5.82 Å². The lowest BCUT2D eigenvalue weighted by atomic mass is 10.1. The molecule has 2 aromatic rings. The number of hydrogen-bond donors (Lipinski definition) is 1. The predicted molar refractivity (Wildman–Crippen MR) is 73.4 cm³/mol. The molecular weight excluding hydrogens is 226 g/mol. The largest absolute Gasteiger partial charge is 0.493 e. The first-order chi connectivity index (χ1) is 8.58. The van der Waals surface area contributed by atoms with Gasteiger partial charge in [-0.25, -0.2) is 0 Å². The normalized spacial score (nSPS) is 10.9. The highest BCUT2D eigenvalue weighted by Crippen LogP contribution is 2.26. The fraction of sp³-hybridized carbons (Fsp3) is 0.357. The van der Waals surface area contributed by atoms with Crippen LogP contribution in [0.5, 0.6) is 5.75 Å². The second-order valence-electron chi connectivity index (χ2n) is 4.80. The van der Waals surface area contributed by atoms with E-state index in [1.165, 1.54) is 0 Å². The molecular formula is C14H19N3O. The van der Waals surface area contributed by atoms with Crippen molar-refractivity contribution in [1.29, 1.82) is 0 Å². The van der Waals surface area contributed by atoms with Gasteiger partial charge in [-0.05, 0) is 23.6 Å². The number of ether oxygens (including phenoxy) is 1. The monoisotopic (exact) mass is 245 g/mol. The lowest BCUT2D eigenvalue weighted by Crippen LogP contribution is -2.04. The Hall–Kier alpha value is -1.97. The van der Waals surface area contributed by atoms with Gasteiger partial charge in [-0.1, -0.05) is 26.0 Å². The number of aryl methyl sites for hydroxylation is 1. The van der Waals surface area contributed by atoms with Crippen molar-refractivity contribution in [2.75, 3.05) is 12.3 Å². The zero-order chi connectivity index (χ0) is 13.1. The molecule has 4 nitrogen and oxygen atoms in total. The summed E-state index contributed by atoms with van der Waals surface area (Å²) in [5, 5.41) is 4.13. The molecule has 2 rings (SSSR count). The van der Waals surface area contributed by atoms with Gasteiger partial charge in [-0.2, -0.15) is 5.10 Å². The van der Waals surface area contributed by atoms with Gasteiger partial charge in [0, 0.05) is 12.6 Å². The van der Waals surface area contributed by atoms with Crippen LogP contribution >= 0.6 is 0 Å². The third-order valence-corrected chi connectivity index (χ3v) is 2.73. The first kappa shape index (κ1) is 12.5. The van der Waals surface area contributed by atoms with Crippen molar-refractivity contribution in [3.63, 3.8) is 0 Å². The van der Waals surface area contributed by atoms with E-state index in [0.717, 1.165) is 23.5 Å². The lowest BCUT2D eigenvalue weighted by molar-refractivity contribution is 0.271. The third-order valence-electron chi connectivity index (χ3n) is 2.73. The molecule has 0 amide bonds. The summed E-state index contributed by atoms with van der Waals surface area (Å²) < 4.78 is 7.31. The van der Waals surface area contributed by atoms with Gasteiger partial charge in [0.05, 0.1) is 12.8 Å². The number of benzene rings is 1. The molecule has 0 fully saturated rings. The van der Waals surface area contributed by atoms with Crippen LogP contribution < -0.4 is 10.5 Å². The molecule has 0 radical (unpaired) electrons. The molecule has 0 aliphatic heterocycles. The number of nitrogens with zero attached hydrogens (tertiary/aromatic N) is 2. The van der Waals surface area contributed by atoms with E-state index in [-0.39, 0.29) is 0 Å². The summed E-state index contributed by atoms with van der Waals surface area (Å²) >= 11 is 0. The number of nitrogens with two attached hydrogens (primary N) is 1. The van der Waals surface area contributed by atoms with Crippen LogP contribution in [-0.2, 0) is 7.05 Å². The van der Waals surface area contributed by atoms with Gasteiger partial charge < -0.3 is 10.5 Å². The van der Waals surface area contributed by atoms with Crippen LogP contribution in [0.3, 0.4) is 0 Å². The van der Waals surface area contributed by atoms with Gasteiger partial charge in [0.1, 0.15) is 11.6 Å². The van der Waals surface area contributed by atoms with Crippen molar-refractivity contribution in [3.8, 4) is 16.9 Å². The third kappa shape index (κ3) is 2.64. The van der Waals surface area contributed by atoms with Gasteiger partial charge >= 0.3 is 0 Å². The first-order valence-corrected chi connectivity index (χ1v) is 6.08. The Morgan fingerprint density at radius 1 is 1.28 bits per heavy atom. The van der Waals surface area contributed by atoms with E-state index in [1.54, 1.807) is 10.9 Å². The van der Waals surface area contributed by atoms with Crippen molar-refractivity contribution in [3.05, 3.63) is 30.5 Å². The van der Waals surface area contributed by atoms with E-state index in [9.17, 15) is 0 Å². The zero-order valence-corrected chi connectivity index (χ0v) is 11.1. The van der Waals surface area contributed by atoms with Gasteiger partial charge in [0.25, 0.3) is 0 Å². The Bertz CT molecular complexity index is 514. The molecule has 0 aliphatic carbocycles. The minimum absolute atomic E-state index is 0.527. The van der Waals surface area contributed by atoms with Crippen molar-refractivity contribution in [2.24, 2.45) is 13.0 Å². The molecule has 1 heterocycles. The molecule has 0 atom stereocenters. The maximum absolute atomic E-state index is 5.94. The number of rotatable bonds is 4. The maximum Gasteiger partial charge on any atom is 0.129 e. The number of anilines is 1. The molecule has 4 heteroatoms. The molecule has 2 N–H and O–H groups in total. The van der Waals surface area contributed by atoms with Crippen molar-refractivity contribution in [1.82, 2.24) is 9.78 Å². The van der Waals surface area contributed by atoms with Gasteiger partial charge in [-0.3, -0.25) is 4.68 Å². The molecule has 0 spiro atoms. The van der Waals surface area contributed by atoms with Gasteiger partial charge in [-0.15, -0.1) is 0 Å². The second-order valence-corrected chi connectivity index (χ2v) is 4.80. The lowest BCUT2D eigenvalue weighted by Gasteiger charge is -2.09. The summed E-state index contributed by atoms with van der Waals surface area (Å²) in [5.41, 5.74) is 7.95. The van der Waals surface area contributed by atoms with Crippen LogP contribution in [0.15, 0.2) is 30.5 Å². The van der Waals surface area contributed by atoms with E-state index in [1.807, 2.05) is 31.3 Å². The topological polar surface area (TPSA) is 53.1 Å². The fourth-order valence-corrected chi connectivity index (χ4v) is 1.66. The number of hydrogen-bond acceptors (Lipinski definition) is 3. The van der Waals surface area contributed by atoms with Crippen LogP contribution in [0.4, 0.5) is 5.82 Å². The highest BCUT2D eigenvalue weighted by Gasteiger charge is 2.07. The standard InChI is InChI=1S/C14H19N3O/c1-10(2)9-18-12-6-4-11(5-7-12)13-8-16-17(3)14(13)15/h4-8,10H,9,15H2,1-3H3. The summed E-state index contributed by atoms with van der Waals surface area (Å²) in [6.45, 7) is 4.99. The summed E-state index contributed by atoms with van der Waals surface area (Å²) in [6.07, 6.45) is 1.78. The minimum atomic E-state index is 0.527. The molecule has 0 bridgehead atoms. The minimum Gasteiger partial charge on any atom is -0.493 e. The van der Waals surface area contributed by atoms with Crippen LogP contribution in [0, 0.1) is 5.92 Å². The van der Waals surface area contributed by atoms with Crippen LogP contribution in [0.1, 0.15) is 13.8 Å². The highest BCUT2D eigenvalue weighted by atomic mass is 16.5. The number of aromatic nitrogens is 2. The molecule has 0 aliphatic rings. The molecule has 0 saturated carbocycles. The Morgan fingerprint density at radius 2 is 1.94 bits per heavy atom. The molecule has 18 heavy (non-hydrogen) atoms. The SMILES string of the molecule is CC(C)COc1ccc(-c2cnn(C)c2N)cc1. The molecule has 0 saturated heterocycles. The quantitative estimate of drug-likeness (QED) is 0.901. The van der Waals surface area contributed by atoms with Gasteiger partial charge in [0.2, 0.25) is 0 Å². The fourth-order valence-electron chi connectivity index (χ4n) is 1.66. The highest BCUT2D eigenvalue weighted by molar-refractivity contribution is 5.73. The second kappa shape index (κ2) is 5.12. The molecule has 0 unspecified atom stereocenters. The predicted octanol–water partition coefficient (Wildman–Crippen LogP) is 2.70. The van der Waals surface area contributed by atoms with Crippen molar-refractivity contribution in [2.45, 2.75) is 13.8 Å². The van der Waals surface area contributed by atoms with Crippen LogP contribution in [-0.4, -0.2) is 16.4 Å². The molecule has 1 aromatic heterocycles. The Balaban J connectivity index is 2.15. The summed E-state index contributed by atoms with van der Waals surface area (Å²) in [6, 6.07) is 7.93. The van der Waals surface area contributed by atoms with E-state index >= 15 is 0 Å². The van der Waals surface area contributed by atoms with E-state index in [2.05, 4.69) is 18.9 Å². The van der Waals surface area contributed by atoms with E-state index in [4.69, 9.17) is 10.5 Å². The van der Waals surface area contributed by atoms with Crippen LogP contribution in [0.25, 0.3) is 11.1 Å². The molecule has 96 valence electrons. The smallest absolute Gasteiger partial charge is 0.129 e. The average molecular weight is 245 g/mol. The van der Waals surface area contributed by atoms with Crippen molar-refractivity contribution < 1.29 is 4.74 Å². The van der Waals surface area contributed by atoms with Gasteiger partial charge in [0.15, 0.2) is 0 Å². The first-order valence-electron chi connectivity index (χ1n) is 6.08. The van der Waals surface area contributed by atoms with E-state index < -0.39 is 0 Å². The number of nitrogen functional groups attached to an aromatic ring is 1. The zero-order valence-electron chi connectivity index (χ0n) is 11.1. The van der Waals surface area contributed by atoms with Crippen LogP contribution in [0.2, 0.25) is 0 Å². The average Bonchev–Trinajstić information content (AvgIpc) is 2.68. The summed E-state index contributed by atoms with van der Waals surface area (Å²) in [7, 11) is 1.83. The molecule has 1 aromatic carbocycles. The Morgan fingerprint density at radius 3 is 2.44 bits per heavy atom. The summed E-state index contributed by atoms with van der Waals surface area (Å²) in [5.74, 6) is 2.08. The maximum atomic E-state index is 5.94. The Kier molecular flexibility index (Phi) is 3.55. The summed E-state index contributed by atoms with van der Waals surface area (Å²) in [4.78, 5) is 0.